The van der Waals surface area contributed by atoms with Gasteiger partial charge in [-0.05, 0) is 58.7 Å². The van der Waals surface area contributed by atoms with Crippen molar-refractivity contribution in [2.24, 2.45) is 0 Å². The lowest BCUT2D eigenvalue weighted by Crippen LogP contribution is -2.13. The third kappa shape index (κ3) is 3.22. The summed E-state index contributed by atoms with van der Waals surface area (Å²) in [5.74, 6) is -0.234. The maximum Gasteiger partial charge on any atom is 0.137 e. The summed E-state index contributed by atoms with van der Waals surface area (Å²) in [6.07, 6.45) is 2.14. The molecule has 1 aliphatic heterocycles. The fourth-order valence-electron chi connectivity index (χ4n) is 3.90. The molecule has 142 valence electrons. The summed E-state index contributed by atoms with van der Waals surface area (Å²) in [6, 6.07) is 22.2. The number of aryl methyl sites for hydroxylation is 1. The van der Waals surface area contributed by atoms with Crippen LogP contribution >= 0.6 is 0 Å². The normalized spacial score (nSPS) is 13.7. The first-order valence-electron chi connectivity index (χ1n) is 9.73. The van der Waals surface area contributed by atoms with Crippen LogP contribution in [0.5, 0.6) is 0 Å². The van der Waals surface area contributed by atoms with Gasteiger partial charge in [0.25, 0.3) is 0 Å². The van der Waals surface area contributed by atoms with Crippen molar-refractivity contribution < 1.29 is 4.39 Å². The largest absolute Gasteiger partial charge is 0.309 e. The highest BCUT2D eigenvalue weighted by Gasteiger charge is 2.20. The summed E-state index contributed by atoms with van der Waals surface area (Å²) in [4.78, 5) is 0. The molecular weight excluding hydrogens is 361 g/mol. The Balaban J connectivity index is 1.64. The first-order valence-corrected chi connectivity index (χ1v) is 9.73. The fourth-order valence-corrected chi connectivity index (χ4v) is 3.90. The van der Waals surface area contributed by atoms with E-state index in [9.17, 15) is 0 Å². The minimum absolute atomic E-state index is 0.234. The molecule has 4 aromatic rings. The highest BCUT2D eigenvalue weighted by Crippen LogP contribution is 2.34. The summed E-state index contributed by atoms with van der Waals surface area (Å²) >= 11 is 0. The Morgan fingerprint density at radius 3 is 2.52 bits per heavy atom. The van der Waals surface area contributed by atoms with E-state index in [2.05, 4.69) is 51.9 Å². The van der Waals surface area contributed by atoms with Gasteiger partial charge in [0.05, 0.1) is 11.4 Å². The summed E-state index contributed by atoms with van der Waals surface area (Å²) < 4.78 is 15.5. The number of halogens is 1. The summed E-state index contributed by atoms with van der Waals surface area (Å²) in [6.45, 7) is 3.03. The first kappa shape index (κ1) is 17.7. The van der Waals surface area contributed by atoms with E-state index in [-0.39, 0.29) is 5.82 Å². The third-order valence-corrected chi connectivity index (χ3v) is 5.42. The van der Waals surface area contributed by atoms with Gasteiger partial charge in [0.2, 0.25) is 0 Å². The van der Waals surface area contributed by atoms with E-state index in [0.29, 0.717) is 29.9 Å². The SMILES string of the molecule is Cc1ccc(-c2ccc3c(c2F)CNCC=C3c2ccc3ccccc3c2)nn1. The Labute approximate surface area is 168 Å². The molecule has 3 aromatic carbocycles. The van der Waals surface area contributed by atoms with Crippen LogP contribution in [0.1, 0.15) is 22.4 Å². The quantitative estimate of drug-likeness (QED) is 0.513. The Bertz CT molecular complexity index is 1240. The van der Waals surface area contributed by atoms with Crippen LogP contribution in [0.4, 0.5) is 4.39 Å². The van der Waals surface area contributed by atoms with Crippen LogP contribution in [0, 0.1) is 12.7 Å². The van der Waals surface area contributed by atoms with Crippen molar-refractivity contribution in [1.82, 2.24) is 15.5 Å². The van der Waals surface area contributed by atoms with Gasteiger partial charge in [-0.1, -0.05) is 48.5 Å². The Kier molecular flexibility index (Phi) is 4.41. The van der Waals surface area contributed by atoms with Gasteiger partial charge in [-0.2, -0.15) is 10.2 Å². The molecule has 0 amide bonds. The van der Waals surface area contributed by atoms with Gasteiger partial charge in [-0.25, -0.2) is 4.39 Å². The summed E-state index contributed by atoms with van der Waals surface area (Å²) in [7, 11) is 0. The number of nitrogens with one attached hydrogen (secondary N) is 1. The van der Waals surface area contributed by atoms with Gasteiger partial charge in [-0.15, -0.1) is 0 Å². The van der Waals surface area contributed by atoms with E-state index in [1.54, 1.807) is 0 Å². The van der Waals surface area contributed by atoms with E-state index in [1.165, 1.54) is 10.8 Å². The Morgan fingerprint density at radius 1 is 0.862 bits per heavy atom. The lowest BCUT2D eigenvalue weighted by Gasteiger charge is -2.15. The molecule has 0 saturated heterocycles. The Morgan fingerprint density at radius 2 is 1.69 bits per heavy atom. The maximum atomic E-state index is 15.5. The number of fused-ring (bicyclic) bond motifs is 2. The standard InChI is InChI=1S/C25H20FN3/c1-16-6-11-24(29-28-16)22-10-9-21-20(12-13-27-15-23(21)25(22)26)19-8-7-17-4-2-3-5-18(17)14-19/h2-12,14,27H,13,15H2,1H3. The molecule has 0 atom stereocenters. The van der Waals surface area contributed by atoms with Crippen molar-refractivity contribution in [3.8, 4) is 11.3 Å². The van der Waals surface area contributed by atoms with Gasteiger partial charge in [-0.3, -0.25) is 0 Å². The van der Waals surface area contributed by atoms with E-state index < -0.39 is 0 Å². The smallest absolute Gasteiger partial charge is 0.137 e. The van der Waals surface area contributed by atoms with Crippen LogP contribution < -0.4 is 5.32 Å². The molecular formula is C25H20FN3. The molecule has 29 heavy (non-hydrogen) atoms. The lowest BCUT2D eigenvalue weighted by molar-refractivity contribution is 0.600. The zero-order chi connectivity index (χ0) is 19.8. The summed E-state index contributed by atoms with van der Waals surface area (Å²) in [5.41, 5.74) is 5.59. The zero-order valence-corrected chi connectivity index (χ0v) is 16.1. The van der Waals surface area contributed by atoms with Crippen molar-refractivity contribution >= 4 is 16.3 Å². The lowest BCUT2D eigenvalue weighted by atomic mass is 9.91. The predicted molar refractivity (Wildman–Crippen MR) is 115 cm³/mol. The van der Waals surface area contributed by atoms with Gasteiger partial charge in [0.15, 0.2) is 0 Å². The highest BCUT2D eigenvalue weighted by atomic mass is 19.1. The number of hydrogen-bond donors (Lipinski definition) is 1. The number of hydrogen-bond acceptors (Lipinski definition) is 3. The minimum Gasteiger partial charge on any atom is -0.309 e. The molecule has 0 aliphatic carbocycles. The predicted octanol–water partition coefficient (Wildman–Crippen LogP) is 5.28. The molecule has 4 heteroatoms. The first-order chi connectivity index (χ1) is 14.2. The molecule has 0 saturated carbocycles. The van der Waals surface area contributed by atoms with E-state index >= 15 is 4.39 Å². The van der Waals surface area contributed by atoms with Crippen molar-refractivity contribution in [2.45, 2.75) is 13.5 Å². The van der Waals surface area contributed by atoms with E-state index in [4.69, 9.17) is 0 Å². The van der Waals surface area contributed by atoms with Crippen LogP contribution in [0.15, 0.2) is 72.8 Å². The zero-order valence-electron chi connectivity index (χ0n) is 16.1. The second-order valence-corrected chi connectivity index (χ2v) is 7.32. The van der Waals surface area contributed by atoms with E-state index in [0.717, 1.165) is 22.4 Å². The molecule has 0 fully saturated rings. The average Bonchev–Trinajstić information content (AvgIpc) is 2.98. The van der Waals surface area contributed by atoms with Crippen LogP contribution in [-0.4, -0.2) is 16.7 Å². The van der Waals surface area contributed by atoms with Gasteiger partial charge in [0.1, 0.15) is 5.82 Å². The van der Waals surface area contributed by atoms with Gasteiger partial charge < -0.3 is 5.32 Å². The number of rotatable bonds is 2. The highest BCUT2D eigenvalue weighted by molar-refractivity contribution is 5.90. The topological polar surface area (TPSA) is 37.8 Å². The Hall–Kier alpha value is -3.37. The number of aromatic nitrogens is 2. The van der Waals surface area contributed by atoms with Crippen molar-refractivity contribution in [3.63, 3.8) is 0 Å². The molecule has 5 rings (SSSR count). The van der Waals surface area contributed by atoms with Crippen LogP contribution in [-0.2, 0) is 6.54 Å². The minimum atomic E-state index is -0.234. The van der Waals surface area contributed by atoms with Gasteiger partial charge in [0, 0.05) is 24.2 Å². The van der Waals surface area contributed by atoms with E-state index in [1.807, 2.05) is 43.3 Å². The molecule has 0 radical (unpaired) electrons. The molecule has 1 aromatic heterocycles. The van der Waals surface area contributed by atoms with Crippen molar-refractivity contribution in [1.29, 1.82) is 0 Å². The molecule has 0 unspecified atom stereocenters. The summed E-state index contributed by atoms with van der Waals surface area (Å²) in [5, 5.41) is 13.9. The maximum absolute atomic E-state index is 15.5. The van der Waals surface area contributed by atoms with Gasteiger partial charge >= 0.3 is 0 Å². The second kappa shape index (κ2) is 7.22. The second-order valence-electron chi connectivity index (χ2n) is 7.32. The number of benzene rings is 3. The van der Waals surface area contributed by atoms with Crippen molar-refractivity contribution in [2.75, 3.05) is 6.54 Å². The molecule has 0 spiro atoms. The molecule has 1 aliphatic rings. The van der Waals surface area contributed by atoms with Crippen molar-refractivity contribution in [3.05, 3.63) is 101 Å². The third-order valence-electron chi connectivity index (χ3n) is 5.42. The monoisotopic (exact) mass is 381 g/mol. The molecule has 1 N–H and O–H groups in total. The average molecular weight is 381 g/mol. The molecule has 3 nitrogen and oxygen atoms in total. The van der Waals surface area contributed by atoms with Crippen LogP contribution in [0.25, 0.3) is 27.6 Å². The molecule has 2 heterocycles. The van der Waals surface area contributed by atoms with Crippen LogP contribution in [0.3, 0.4) is 0 Å². The molecule has 0 bridgehead atoms. The fraction of sp³-hybridized carbons (Fsp3) is 0.120. The number of nitrogens with zero attached hydrogens (tertiary/aromatic N) is 2. The van der Waals surface area contributed by atoms with Crippen LogP contribution in [0.2, 0.25) is 0 Å².